The largest absolute Gasteiger partial charge is 0.311 e. The molecule has 1 saturated heterocycles. The SMILES string of the molecule is CCSCCCN1CC(C(C)C)NCC1C(C)(C)C. The molecule has 114 valence electrons. The molecule has 19 heavy (non-hydrogen) atoms. The van der Waals surface area contributed by atoms with Gasteiger partial charge >= 0.3 is 0 Å². The predicted octanol–water partition coefficient (Wildman–Crippen LogP) is 3.47. The highest BCUT2D eigenvalue weighted by Crippen LogP contribution is 2.27. The fourth-order valence-corrected chi connectivity index (χ4v) is 3.52. The van der Waals surface area contributed by atoms with E-state index in [-0.39, 0.29) is 0 Å². The van der Waals surface area contributed by atoms with E-state index in [1.165, 1.54) is 31.0 Å². The van der Waals surface area contributed by atoms with Gasteiger partial charge in [-0.2, -0.15) is 11.8 Å². The smallest absolute Gasteiger partial charge is 0.0269 e. The molecule has 2 unspecified atom stereocenters. The Morgan fingerprint density at radius 3 is 2.53 bits per heavy atom. The van der Waals surface area contributed by atoms with Crippen LogP contribution >= 0.6 is 11.8 Å². The van der Waals surface area contributed by atoms with Gasteiger partial charge in [0.2, 0.25) is 0 Å². The van der Waals surface area contributed by atoms with Crippen LogP contribution in [0.25, 0.3) is 0 Å². The van der Waals surface area contributed by atoms with Gasteiger partial charge in [-0.3, -0.25) is 4.90 Å². The standard InChI is InChI=1S/C16H34N2S/c1-7-19-10-8-9-18-12-14(13(2)3)17-11-15(18)16(4,5)6/h13-15,17H,7-12H2,1-6H3. The molecule has 0 aromatic carbocycles. The van der Waals surface area contributed by atoms with Gasteiger partial charge in [-0.1, -0.05) is 41.5 Å². The molecule has 3 heteroatoms. The van der Waals surface area contributed by atoms with Gasteiger partial charge in [0.15, 0.2) is 0 Å². The first-order valence-corrected chi connectivity index (χ1v) is 9.07. The summed E-state index contributed by atoms with van der Waals surface area (Å²) < 4.78 is 0. The predicted molar refractivity (Wildman–Crippen MR) is 89.1 cm³/mol. The zero-order valence-electron chi connectivity index (χ0n) is 13.8. The van der Waals surface area contributed by atoms with E-state index in [0.29, 0.717) is 17.5 Å². The Balaban J connectivity index is 2.55. The van der Waals surface area contributed by atoms with Gasteiger partial charge in [-0.15, -0.1) is 0 Å². The maximum atomic E-state index is 3.76. The molecule has 0 amide bonds. The van der Waals surface area contributed by atoms with E-state index in [0.717, 1.165) is 12.5 Å². The minimum Gasteiger partial charge on any atom is -0.311 e. The van der Waals surface area contributed by atoms with Gasteiger partial charge in [0.25, 0.3) is 0 Å². The van der Waals surface area contributed by atoms with Crippen LogP contribution in [0.3, 0.4) is 0 Å². The van der Waals surface area contributed by atoms with Gasteiger partial charge in [0.05, 0.1) is 0 Å². The fourth-order valence-electron chi connectivity index (χ4n) is 2.90. The Kier molecular flexibility index (Phi) is 7.20. The van der Waals surface area contributed by atoms with Crippen LogP contribution in [0.4, 0.5) is 0 Å². The molecule has 1 aliphatic rings. The number of thioether (sulfide) groups is 1. The average molecular weight is 287 g/mol. The molecule has 0 radical (unpaired) electrons. The first-order valence-electron chi connectivity index (χ1n) is 7.91. The van der Waals surface area contributed by atoms with Gasteiger partial charge in [-0.05, 0) is 35.8 Å². The second-order valence-corrected chi connectivity index (χ2v) is 8.58. The van der Waals surface area contributed by atoms with E-state index in [1.54, 1.807) is 0 Å². The van der Waals surface area contributed by atoms with Crippen molar-refractivity contribution in [1.82, 2.24) is 10.2 Å². The molecule has 0 bridgehead atoms. The maximum Gasteiger partial charge on any atom is 0.0269 e. The lowest BCUT2D eigenvalue weighted by Gasteiger charge is -2.47. The van der Waals surface area contributed by atoms with Crippen molar-refractivity contribution in [2.45, 2.75) is 60.0 Å². The second kappa shape index (κ2) is 7.90. The minimum atomic E-state index is 0.368. The van der Waals surface area contributed by atoms with E-state index in [4.69, 9.17) is 0 Å². The van der Waals surface area contributed by atoms with Crippen molar-refractivity contribution in [2.24, 2.45) is 11.3 Å². The summed E-state index contributed by atoms with van der Waals surface area (Å²) in [6.07, 6.45) is 1.33. The Morgan fingerprint density at radius 1 is 1.32 bits per heavy atom. The van der Waals surface area contributed by atoms with E-state index in [2.05, 4.69) is 63.5 Å². The molecule has 1 heterocycles. The normalized spacial score (nSPS) is 26.1. The number of hydrogen-bond acceptors (Lipinski definition) is 3. The number of nitrogens with zero attached hydrogens (tertiary/aromatic N) is 1. The zero-order chi connectivity index (χ0) is 14.5. The number of hydrogen-bond donors (Lipinski definition) is 1. The lowest BCUT2D eigenvalue weighted by atomic mass is 9.83. The summed E-state index contributed by atoms with van der Waals surface area (Å²) in [6, 6.07) is 1.34. The molecule has 0 aromatic rings. The highest BCUT2D eigenvalue weighted by molar-refractivity contribution is 7.99. The minimum absolute atomic E-state index is 0.368. The molecule has 0 aromatic heterocycles. The molecule has 1 rings (SSSR count). The van der Waals surface area contributed by atoms with Crippen LogP contribution in [-0.2, 0) is 0 Å². The van der Waals surface area contributed by atoms with Gasteiger partial charge in [-0.25, -0.2) is 0 Å². The number of piperazine rings is 1. The number of rotatable bonds is 6. The first kappa shape index (κ1) is 17.3. The van der Waals surface area contributed by atoms with Crippen molar-refractivity contribution >= 4 is 11.8 Å². The van der Waals surface area contributed by atoms with E-state index < -0.39 is 0 Å². The Morgan fingerprint density at radius 2 is 2.00 bits per heavy atom. The quantitative estimate of drug-likeness (QED) is 0.753. The summed E-state index contributed by atoms with van der Waals surface area (Å²) in [4.78, 5) is 2.75. The third kappa shape index (κ3) is 5.65. The van der Waals surface area contributed by atoms with Crippen LogP contribution < -0.4 is 5.32 Å². The van der Waals surface area contributed by atoms with Gasteiger partial charge in [0, 0.05) is 25.2 Å². The van der Waals surface area contributed by atoms with Crippen LogP contribution in [0.5, 0.6) is 0 Å². The Labute approximate surface area is 125 Å². The van der Waals surface area contributed by atoms with E-state index in [1.807, 2.05) is 0 Å². The monoisotopic (exact) mass is 286 g/mol. The van der Waals surface area contributed by atoms with Crippen LogP contribution in [0.1, 0.15) is 48.0 Å². The average Bonchev–Trinajstić information content (AvgIpc) is 2.33. The van der Waals surface area contributed by atoms with Crippen molar-refractivity contribution in [3.63, 3.8) is 0 Å². The molecule has 1 N–H and O–H groups in total. The van der Waals surface area contributed by atoms with Gasteiger partial charge in [0.1, 0.15) is 0 Å². The van der Waals surface area contributed by atoms with Crippen LogP contribution in [0.2, 0.25) is 0 Å². The topological polar surface area (TPSA) is 15.3 Å². The molecule has 2 nitrogen and oxygen atoms in total. The van der Waals surface area contributed by atoms with Crippen molar-refractivity contribution in [2.75, 3.05) is 31.1 Å². The highest BCUT2D eigenvalue weighted by atomic mass is 32.2. The molecule has 0 aliphatic carbocycles. The molecule has 1 fully saturated rings. The fraction of sp³-hybridized carbons (Fsp3) is 1.00. The van der Waals surface area contributed by atoms with Crippen LogP contribution in [0, 0.1) is 11.3 Å². The lowest BCUT2D eigenvalue weighted by Crippen LogP contribution is -2.61. The van der Waals surface area contributed by atoms with E-state index >= 15 is 0 Å². The third-order valence-corrected chi connectivity index (χ3v) is 5.17. The van der Waals surface area contributed by atoms with Crippen molar-refractivity contribution < 1.29 is 0 Å². The second-order valence-electron chi connectivity index (χ2n) is 7.19. The molecule has 0 spiro atoms. The Bertz CT molecular complexity index is 248. The van der Waals surface area contributed by atoms with Crippen molar-refractivity contribution in [3.05, 3.63) is 0 Å². The summed E-state index contributed by atoms with van der Waals surface area (Å²) in [5, 5.41) is 3.76. The zero-order valence-corrected chi connectivity index (χ0v) is 14.6. The maximum absolute atomic E-state index is 3.76. The molecule has 2 atom stereocenters. The summed E-state index contributed by atoms with van der Waals surface area (Å²) in [7, 11) is 0. The summed E-state index contributed by atoms with van der Waals surface area (Å²) in [6.45, 7) is 17.7. The first-order chi connectivity index (χ1) is 8.86. The lowest BCUT2D eigenvalue weighted by molar-refractivity contribution is 0.0466. The van der Waals surface area contributed by atoms with Crippen LogP contribution in [-0.4, -0.2) is 48.1 Å². The van der Waals surface area contributed by atoms with Gasteiger partial charge < -0.3 is 5.32 Å². The molecule has 0 saturated carbocycles. The summed E-state index contributed by atoms with van der Waals surface area (Å²) in [5.41, 5.74) is 0.368. The Hall–Kier alpha value is 0.270. The molecular weight excluding hydrogens is 252 g/mol. The summed E-state index contributed by atoms with van der Waals surface area (Å²) in [5.74, 6) is 3.29. The molecule has 1 aliphatic heterocycles. The molecular formula is C16H34N2S. The van der Waals surface area contributed by atoms with Crippen molar-refractivity contribution in [1.29, 1.82) is 0 Å². The third-order valence-electron chi connectivity index (χ3n) is 4.19. The highest BCUT2D eigenvalue weighted by Gasteiger charge is 2.35. The van der Waals surface area contributed by atoms with Crippen LogP contribution in [0.15, 0.2) is 0 Å². The summed E-state index contributed by atoms with van der Waals surface area (Å²) >= 11 is 2.07. The van der Waals surface area contributed by atoms with E-state index in [9.17, 15) is 0 Å². The number of nitrogens with one attached hydrogen (secondary N) is 1. The van der Waals surface area contributed by atoms with Crippen molar-refractivity contribution in [3.8, 4) is 0 Å².